The highest BCUT2D eigenvalue weighted by molar-refractivity contribution is 14.0. The predicted molar refractivity (Wildman–Crippen MR) is 139 cm³/mol. The first-order chi connectivity index (χ1) is 14.4. The fraction of sp³-hybridized carbons (Fsp3) is 0.476. The van der Waals surface area contributed by atoms with Crippen molar-refractivity contribution in [2.24, 2.45) is 4.99 Å². The number of hydrogen-bond donors (Lipinski definition) is 2. The normalized spacial score (nSPS) is 16.2. The summed E-state index contributed by atoms with van der Waals surface area (Å²) in [5.74, 6) is 0.660. The first-order valence-corrected chi connectivity index (χ1v) is 12.5. The Kier molecular flexibility index (Phi) is 10.2. The average Bonchev–Trinajstić information content (AvgIpc) is 3.45. The predicted octanol–water partition coefficient (Wildman–Crippen LogP) is 3.12. The summed E-state index contributed by atoms with van der Waals surface area (Å²) in [6.45, 7) is 3.35. The number of aliphatic imine (C=N–C) groups is 1. The molecule has 3 rings (SSSR count). The van der Waals surface area contributed by atoms with Crippen molar-refractivity contribution in [2.75, 3.05) is 40.8 Å². The monoisotopic (exact) mass is 577 g/mol. The van der Waals surface area contributed by atoms with E-state index >= 15 is 0 Å². The Morgan fingerprint density at radius 2 is 1.87 bits per heavy atom. The number of sulfonamides is 1. The Balaban J connectivity index is 0.00000341. The number of rotatable bonds is 8. The van der Waals surface area contributed by atoms with E-state index in [1.54, 1.807) is 44.6 Å². The van der Waals surface area contributed by atoms with Gasteiger partial charge >= 0.3 is 0 Å². The van der Waals surface area contributed by atoms with Crippen LogP contribution in [0.3, 0.4) is 0 Å². The maximum atomic E-state index is 12.6. The van der Waals surface area contributed by atoms with Crippen molar-refractivity contribution in [3.05, 3.63) is 52.2 Å². The van der Waals surface area contributed by atoms with Gasteiger partial charge in [-0.05, 0) is 49.0 Å². The number of nitrogens with zero attached hydrogens (tertiary/aromatic N) is 3. The quantitative estimate of drug-likeness (QED) is 0.287. The molecule has 1 aromatic heterocycles. The average molecular weight is 578 g/mol. The lowest BCUT2D eigenvalue weighted by molar-refractivity contribution is 0.249. The van der Waals surface area contributed by atoms with E-state index in [1.165, 1.54) is 22.0 Å². The molecule has 2 heterocycles. The van der Waals surface area contributed by atoms with Crippen molar-refractivity contribution in [3.8, 4) is 0 Å². The molecule has 1 atom stereocenters. The van der Waals surface area contributed by atoms with Crippen molar-refractivity contribution in [1.29, 1.82) is 0 Å². The van der Waals surface area contributed by atoms with Crippen molar-refractivity contribution >= 4 is 51.3 Å². The van der Waals surface area contributed by atoms with Crippen molar-refractivity contribution in [2.45, 2.75) is 30.3 Å². The molecule has 1 aromatic carbocycles. The van der Waals surface area contributed by atoms with Gasteiger partial charge < -0.3 is 10.6 Å². The first-order valence-electron chi connectivity index (χ1n) is 10.2. The zero-order valence-corrected chi connectivity index (χ0v) is 22.2. The zero-order chi connectivity index (χ0) is 21.6. The van der Waals surface area contributed by atoms with Gasteiger partial charge in [0.1, 0.15) is 0 Å². The minimum absolute atomic E-state index is 0. The molecule has 1 saturated heterocycles. The lowest BCUT2D eigenvalue weighted by atomic mass is 10.2. The third-order valence-corrected chi connectivity index (χ3v) is 8.21. The standard InChI is InChI=1S/C21H31N5O2S2.HI/c1-22-21(23-15-17-9-4-5-11-20(17)30(27,28)25(2)3)24-16-18(19-10-8-14-29-19)26-12-6-7-13-26;/h4-5,8-11,14,18H,6-7,12-13,15-16H2,1-3H3,(H2,22,23,24);1H. The van der Waals surface area contributed by atoms with Gasteiger partial charge in [0.25, 0.3) is 0 Å². The van der Waals surface area contributed by atoms with Crippen LogP contribution in [0.5, 0.6) is 0 Å². The molecule has 0 aliphatic carbocycles. The molecule has 10 heteroatoms. The summed E-state index contributed by atoms with van der Waals surface area (Å²) in [5.41, 5.74) is 0.712. The molecule has 1 aliphatic heterocycles. The third kappa shape index (κ3) is 6.64. The van der Waals surface area contributed by atoms with E-state index in [1.807, 2.05) is 12.1 Å². The summed E-state index contributed by atoms with van der Waals surface area (Å²) in [5, 5.41) is 8.82. The molecule has 2 aromatic rings. The van der Waals surface area contributed by atoms with Crippen LogP contribution in [0.1, 0.15) is 29.3 Å². The molecular formula is C21H32IN5O2S2. The molecule has 0 radical (unpaired) electrons. The largest absolute Gasteiger partial charge is 0.354 e. The number of guanidine groups is 1. The molecule has 1 unspecified atom stereocenters. The number of benzene rings is 1. The number of thiophene rings is 1. The molecule has 7 nitrogen and oxygen atoms in total. The van der Waals surface area contributed by atoms with Gasteiger partial charge in [0, 0.05) is 39.1 Å². The van der Waals surface area contributed by atoms with Crippen LogP contribution < -0.4 is 10.6 Å². The van der Waals surface area contributed by atoms with Gasteiger partial charge in [0.05, 0.1) is 10.9 Å². The minimum Gasteiger partial charge on any atom is -0.354 e. The van der Waals surface area contributed by atoms with Gasteiger partial charge in [-0.1, -0.05) is 24.3 Å². The molecule has 0 bridgehead atoms. The highest BCUT2D eigenvalue weighted by Gasteiger charge is 2.25. The summed E-state index contributed by atoms with van der Waals surface area (Å²) in [7, 11) is 1.32. The van der Waals surface area contributed by atoms with E-state index in [4.69, 9.17) is 0 Å². The second-order valence-electron chi connectivity index (χ2n) is 7.48. The second kappa shape index (κ2) is 12.1. The maximum Gasteiger partial charge on any atom is 0.242 e. The van der Waals surface area contributed by atoms with Crippen LogP contribution in [0, 0.1) is 0 Å². The zero-order valence-electron chi connectivity index (χ0n) is 18.2. The topological polar surface area (TPSA) is 77.0 Å². The smallest absolute Gasteiger partial charge is 0.242 e. The van der Waals surface area contributed by atoms with Crippen LogP contribution >= 0.6 is 35.3 Å². The van der Waals surface area contributed by atoms with Gasteiger partial charge in [0.15, 0.2) is 5.96 Å². The molecule has 2 N–H and O–H groups in total. The Hall–Kier alpha value is -1.21. The van der Waals surface area contributed by atoms with E-state index in [-0.39, 0.29) is 24.0 Å². The SMILES string of the molecule is CN=C(NCc1ccccc1S(=O)(=O)N(C)C)NCC(c1cccs1)N1CCCC1.I. The second-order valence-corrected chi connectivity index (χ2v) is 10.6. The number of halogens is 1. The van der Waals surface area contributed by atoms with Crippen LogP contribution in [0.15, 0.2) is 51.7 Å². The fourth-order valence-electron chi connectivity index (χ4n) is 3.63. The van der Waals surface area contributed by atoms with Gasteiger partial charge in [0.2, 0.25) is 10.0 Å². The Morgan fingerprint density at radius 3 is 2.48 bits per heavy atom. The van der Waals surface area contributed by atoms with Gasteiger partial charge in [-0.3, -0.25) is 9.89 Å². The number of hydrogen-bond acceptors (Lipinski definition) is 5. The molecule has 31 heavy (non-hydrogen) atoms. The van der Waals surface area contributed by atoms with Crippen LogP contribution in [0.2, 0.25) is 0 Å². The molecule has 0 spiro atoms. The lowest BCUT2D eigenvalue weighted by Gasteiger charge is -2.27. The Labute approximate surface area is 207 Å². The Bertz CT molecular complexity index is 942. The van der Waals surface area contributed by atoms with E-state index in [9.17, 15) is 8.42 Å². The molecule has 0 amide bonds. The molecule has 1 aliphatic rings. The maximum absolute atomic E-state index is 12.6. The Morgan fingerprint density at radius 1 is 1.16 bits per heavy atom. The first kappa shape index (κ1) is 26.0. The fourth-order valence-corrected chi connectivity index (χ4v) is 5.61. The van der Waals surface area contributed by atoms with Gasteiger partial charge in [-0.15, -0.1) is 35.3 Å². The minimum atomic E-state index is -3.50. The molecule has 1 fully saturated rings. The van der Waals surface area contributed by atoms with Crippen molar-refractivity contribution in [3.63, 3.8) is 0 Å². The van der Waals surface area contributed by atoms with Gasteiger partial charge in [-0.2, -0.15) is 0 Å². The van der Waals surface area contributed by atoms with Crippen LogP contribution in [0.25, 0.3) is 0 Å². The lowest BCUT2D eigenvalue weighted by Crippen LogP contribution is -2.42. The highest BCUT2D eigenvalue weighted by Crippen LogP contribution is 2.27. The summed E-state index contributed by atoms with van der Waals surface area (Å²) < 4.78 is 26.5. The van der Waals surface area contributed by atoms with Crippen LogP contribution in [-0.4, -0.2) is 64.4 Å². The third-order valence-electron chi connectivity index (χ3n) is 5.32. The number of nitrogens with one attached hydrogen (secondary N) is 2. The number of likely N-dealkylation sites (tertiary alicyclic amines) is 1. The van der Waals surface area contributed by atoms with E-state index < -0.39 is 10.0 Å². The summed E-state index contributed by atoms with van der Waals surface area (Å²) in [6, 6.07) is 11.7. The van der Waals surface area contributed by atoms with E-state index in [0.717, 1.165) is 19.6 Å². The summed E-state index contributed by atoms with van der Waals surface area (Å²) >= 11 is 1.78. The van der Waals surface area contributed by atoms with Gasteiger partial charge in [-0.25, -0.2) is 12.7 Å². The molecule has 172 valence electrons. The van der Waals surface area contributed by atoms with E-state index in [0.29, 0.717) is 29.0 Å². The molecular weight excluding hydrogens is 545 g/mol. The van der Waals surface area contributed by atoms with Crippen LogP contribution in [0.4, 0.5) is 0 Å². The van der Waals surface area contributed by atoms with Crippen molar-refractivity contribution < 1.29 is 8.42 Å². The summed E-state index contributed by atoms with van der Waals surface area (Å²) in [4.78, 5) is 8.51. The highest BCUT2D eigenvalue weighted by atomic mass is 127. The van der Waals surface area contributed by atoms with Crippen molar-refractivity contribution in [1.82, 2.24) is 19.8 Å². The van der Waals surface area contributed by atoms with Crippen LogP contribution in [-0.2, 0) is 16.6 Å². The van der Waals surface area contributed by atoms with E-state index in [2.05, 4.69) is 38.0 Å². The molecule has 0 saturated carbocycles. The summed E-state index contributed by atoms with van der Waals surface area (Å²) in [6.07, 6.45) is 2.48.